The van der Waals surface area contributed by atoms with Crippen molar-refractivity contribution in [2.75, 3.05) is 13.8 Å². The fourth-order valence-corrected chi connectivity index (χ4v) is 1.84. The molecule has 14 heavy (non-hydrogen) atoms. The van der Waals surface area contributed by atoms with Crippen LogP contribution in [0.4, 0.5) is 0 Å². The summed E-state index contributed by atoms with van der Waals surface area (Å²) in [6, 6.07) is 3.80. The van der Waals surface area contributed by atoms with Crippen molar-refractivity contribution in [2.45, 2.75) is 13.2 Å². The number of ether oxygens (including phenoxy) is 2. The molecule has 0 aromatic heterocycles. The number of benzene rings is 1. The Morgan fingerprint density at radius 1 is 1.50 bits per heavy atom. The molecular formula is C10H12ClNO2. The summed E-state index contributed by atoms with van der Waals surface area (Å²) in [5.41, 5.74) is 2.10. The Bertz CT molecular complexity index is 341. The Kier molecular flexibility index (Phi) is 2.91. The van der Waals surface area contributed by atoms with Gasteiger partial charge in [0.25, 0.3) is 0 Å². The zero-order valence-electron chi connectivity index (χ0n) is 7.97. The highest BCUT2D eigenvalue weighted by Crippen LogP contribution is 2.31. The molecule has 1 aromatic carbocycles. The lowest BCUT2D eigenvalue weighted by atomic mass is 10.1. The number of hydrogen-bond donors (Lipinski definition) is 1. The van der Waals surface area contributed by atoms with Crippen molar-refractivity contribution in [3.63, 3.8) is 0 Å². The first kappa shape index (κ1) is 9.77. The first-order chi connectivity index (χ1) is 6.81. The van der Waals surface area contributed by atoms with Crippen molar-refractivity contribution in [3.05, 3.63) is 28.3 Å². The van der Waals surface area contributed by atoms with Crippen molar-refractivity contribution < 1.29 is 9.47 Å². The molecule has 1 N–H and O–H groups in total. The lowest BCUT2D eigenvalue weighted by molar-refractivity contribution is -0.0170. The number of hydrogen-bond acceptors (Lipinski definition) is 3. The molecule has 1 aliphatic rings. The molecule has 1 aromatic rings. The molecule has 0 saturated carbocycles. The van der Waals surface area contributed by atoms with Crippen LogP contribution in [0.3, 0.4) is 0 Å². The smallest absolute Gasteiger partial charge is 0.189 e. The molecule has 0 amide bonds. The molecule has 1 heterocycles. The van der Waals surface area contributed by atoms with Crippen LogP contribution in [0.15, 0.2) is 12.1 Å². The van der Waals surface area contributed by atoms with Crippen molar-refractivity contribution >= 4 is 11.6 Å². The maximum atomic E-state index is 5.98. The van der Waals surface area contributed by atoms with Crippen molar-refractivity contribution in [1.29, 1.82) is 0 Å². The van der Waals surface area contributed by atoms with E-state index in [0.29, 0.717) is 13.4 Å². The van der Waals surface area contributed by atoms with Gasteiger partial charge in [0.2, 0.25) is 0 Å². The summed E-state index contributed by atoms with van der Waals surface area (Å²) in [5, 5.41) is 3.81. The summed E-state index contributed by atoms with van der Waals surface area (Å²) in [6.07, 6.45) is 0. The molecule has 0 saturated heterocycles. The van der Waals surface area contributed by atoms with E-state index in [2.05, 4.69) is 5.32 Å². The lowest BCUT2D eigenvalue weighted by Crippen LogP contribution is -2.15. The van der Waals surface area contributed by atoms with Gasteiger partial charge in [-0.05, 0) is 19.2 Å². The summed E-state index contributed by atoms with van der Waals surface area (Å²) >= 11 is 5.98. The van der Waals surface area contributed by atoms with Gasteiger partial charge in [-0.2, -0.15) is 0 Å². The van der Waals surface area contributed by atoms with E-state index >= 15 is 0 Å². The summed E-state index contributed by atoms with van der Waals surface area (Å²) < 4.78 is 10.6. The molecular weight excluding hydrogens is 202 g/mol. The van der Waals surface area contributed by atoms with Crippen LogP contribution in [0.2, 0.25) is 5.02 Å². The van der Waals surface area contributed by atoms with E-state index in [-0.39, 0.29) is 0 Å². The molecule has 0 fully saturated rings. The minimum absolute atomic E-state index is 0.325. The van der Waals surface area contributed by atoms with E-state index in [1.807, 2.05) is 19.2 Å². The van der Waals surface area contributed by atoms with E-state index in [1.54, 1.807) is 0 Å². The molecule has 4 heteroatoms. The fraction of sp³-hybridized carbons (Fsp3) is 0.400. The Morgan fingerprint density at radius 3 is 3.14 bits per heavy atom. The highest BCUT2D eigenvalue weighted by atomic mass is 35.5. The van der Waals surface area contributed by atoms with Gasteiger partial charge in [-0.1, -0.05) is 11.6 Å². The Morgan fingerprint density at radius 2 is 2.36 bits per heavy atom. The van der Waals surface area contributed by atoms with Gasteiger partial charge in [-0.25, -0.2) is 0 Å². The van der Waals surface area contributed by atoms with Crippen molar-refractivity contribution in [3.8, 4) is 5.75 Å². The first-order valence-electron chi connectivity index (χ1n) is 4.47. The van der Waals surface area contributed by atoms with Crippen LogP contribution in [0, 0.1) is 0 Å². The zero-order valence-corrected chi connectivity index (χ0v) is 8.73. The Labute approximate surface area is 88.0 Å². The maximum Gasteiger partial charge on any atom is 0.189 e. The molecule has 2 rings (SSSR count). The lowest BCUT2D eigenvalue weighted by Gasteiger charge is -2.20. The van der Waals surface area contributed by atoms with E-state index in [0.717, 1.165) is 28.4 Å². The van der Waals surface area contributed by atoms with E-state index in [1.165, 1.54) is 0 Å². The van der Waals surface area contributed by atoms with Gasteiger partial charge < -0.3 is 14.8 Å². The molecule has 3 nitrogen and oxygen atoms in total. The van der Waals surface area contributed by atoms with Crippen LogP contribution in [-0.2, 0) is 17.9 Å². The normalized spacial score (nSPS) is 14.7. The maximum absolute atomic E-state index is 5.98. The molecule has 0 unspecified atom stereocenters. The van der Waals surface area contributed by atoms with Gasteiger partial charge in [-0.3, -0.25) is 0 Å². The summed E-state index contributed by atoms with van der Waals surface area (Å²) in [5.74, 6) is 0.912. The number of rotatable bonds is 2. The molecule has 0 radical (unpaired) electrons. The average Bonchev–Trinajstić information content (AvgIpc) is 2.18. The topological polar surface area (TPSA) is 30.5 Å². The van der Waals surface area contributed by atoms with Gasteiger partial charge in [0.1, 0.15) is 5.75 Å². The SMILES string of the molecule is CNCc1cc(Cl)cc2c1OCOC2. The third kappa shape index (κ3) is 1.85. The zero-order chi connectivity index (χ0) is 9.97. The molecule has 1 aliphatic heterocycles. The fourth-order valence-electron chi connectivity index (χ4n) is 1.58. The minimum Gasteiger partial charge on any atom is -0.467 e. The number of nitrogens with one attached hydrogen (secondary N) is 1. The second-order valence-corrected chi connectivity index (χ2v) is 3.63. The first-order valence-corrected chi connectivity index (χ1v) is 4.85. The standard InChI is InChI=1S/C10H12ClNO2/c1-12-4-7-2-9(11)3-8-5-13-6-14-10(7)8/h2-3,12H,4-6H2,1H3. The second kappa shape index (κ2) is 4.17. The summed E-state index contributed by atoms with van der Waals surface area (Å²) in [7, 11) is 1.90. The average molecular weight is 214 g/mol. The third-order valence-corrected chi connectivity index (χ3v) is 2.34. The van der Waals surface area contributed by atoms with Crippen molar-refractivity contribution in [2.24, 2.45) is 0 Å². The van der Waals surface area contributed by atoms with Gasteiger partial charge in [0.15, 0.2) is 6.79 Å². The van der Waals surface area contributed by atoms with Crippen LogP contribution in [-0.4, -0.2) is 13.8 Å². The molecule has 0 atom stereocenters. The summed E-state index contributed by atoms with van der Waals surface area (Å²) in [4.78, 5) is 0. The number of halogens is 1. The monoisotopic (exact) mass is 213 g/mol. The van der Waals surface area contributed by atoms with Gasteiger partial charge in [0.05, 0.1) is 6.61 Å². The Hall–Kier alpha value is -0.770. The molecule has 0 bridgehead atoms. The highest BCUT2D eigenvalue weighted by molar-refractivity contribution is 6.30. The van der Waals surface area contributed by atoms with Crippen molar-refractivity contribution in [1.82, 2.24) is 5.32 Å². The third-order valence-electron chi connectivity index (χ3n) is 2.12. The molecule has 76 valence electrons. The van der Waals surface area contributed by atoms with Crippen LogP contribution in [0.5, 0.6) is 5.75 Å². The van der Waals surface area contributed by atoms with Gasteiger partial charge in [-0.15, -0.1) is 0 Å². The van der Waals surface area contributed by atoms with E-state index in [9.17, 15) is 0 Å². The molecule has 0 aliphatic carbocycles. The molecule has 0 spiro atoms. The second-order valence-electron chi connectivity index (χ2n) is 3.19. The predicted octanol–water partition coefficient (Wildman–Crippen LogP) is 1.93. The highest BCUT2D eigenvalue weighted by Gasteiger charge is 2.15. The quantitative estimate of drug-likeness (QED) is 0.815. The Balaban J connectivity index is 2.41. The number of fused-ring (bicyclic) bond motifs is 1. The summed E-state index contributed by atoms with van der Waals surface area (Å²) in [6.45, 7) is 1.65. The predicted molar refractivity (Wildman–Crippen MR) is 54.5 cm³/mol. The van der Waals surface area contributed by atoms with E-state index < -0.39 is 0 Å². The van der Waals surface area contributed by atoms with Crippen LogP contribution >= 0.6 is 11.6 Å². The van der Waals surface area contributed by atoms with Gasteiger partial charge >= 0.3 is 0 Å². The van der Waals surface area contributed by atoms with Crippen LogP contribution < -0.4 is 10.1 Å². The van der Waals surface area contributed by atoms with Crippen LogP contribution in [0.1, 0.15) is 11.1 Å². The largest absolute Gasteiger partial charge is 0.467 e. The van der Waals surface area contributed by atoms with E-state index in [4.69, 9.17) is 21.1 Å². The minimum atomic E-state index is 0.325. The van der Waals surface area contributed by atoms with Gasteiger partial charge in [0, 0.05) is 22.7 Å². The van der Waals surface area contributed by atoms with Crippen LogP contribution in [0.25, 0.3) is 0 Å².